The van der Waals surface area contributed by atoms with Crippen molar-refractivity contribution in [3.63, 3.8) is 0 Å². The molecule has 3 aliphatic rings. The molecule has 0 bridgehead atoms. The summed E-state index contributed by atoms with van der Waals surface area (Å²) in [5, 5.41) is 11.6. The molecule has 3 aliphatic heterocycles. The van der Waals surface area contributed by atoms with Crippen molar-refractivity contribution in [1.29, 1.82) is 0 Å². The Morgan fingerprint density at radius 1 is 0.836 bits per heavy atom. The quantitative estimate of drug-likeness (QED) is 0.0887. The number of carbonyl (C=O) groups is 3. The van der Waals surface area contributed by atoms with Crippen LogP contribution < -0.4 is 18.9 Å². The predicted octanol–water partition coefficient (Wildman–Crippen LogP) is 4.30. The van der Waals surface area contributed by atoms with Crippen LogP contribution in [0, 0.1) is 10.1 Å². The summed E-state index contributed by atoms with van der Waals surface area (Å²) in [4.78, 5) is 55.5. The second-order valence-electron chi connectivity index (χ2n) is 12.4. The molecule has 61 heavy (non-hydrogen) atoms. The van der Waals surface area contributed by atoms with Crippen LogP contribution >= 0.6 is 23.5 Å². The van der Waals surface area contributed by atoms with Crippen LogP contribution in [-0.2, 0) is 36.5 Å². The number of hydrogen-bond donors (Lipinski definition) is 0. The molecular formula is C38H36N4Na2O13S4. The summed E-state index contributed by atoms with van der Waals surface area (Å²) < 4.78 is 58.7. The van der Waals surface area contributed by atoms with E-state index in [0.29, 0.717) is 53.1 Å². The van der Waals surface area contributed by atoms with Crippen molar-refractivity contribution in [2.75, 3.05) is 37.5 Å². The molecule has 2 atom stereocenters. The van der Waals surface area contributed by atoms with Crippen molar-refractivity contribution in [2.24, 2.45) is 4.99 Å². The molecule has 0 N–H and O–H groups in total. The van der Waals surface area contributed by atoms with Crippen LogP contribution in [0.15, 0.2) is 89.9 Å². The van der Waals surface area contributed by atoms with Gasteiger partial charge < -0.3 is 33.5 Å². The van der Waals surface area contributed by atoms with Crippen molar-refractivity contribution >= 4 is 121 Å². The fourth-order valence-corrected chi connectivity index (χ4v) is 7.99. The number of benzene rings is 4. The van der Waals surface area contributed by atoms with E-state index >= 15 is 0 Å². The van der Waals surface area contributed by atoms with Gasteiger partial charge in [0, 0.05) is 29.9 Å². The first-order chi connectivity index (χ1) is 29.4. The van der Waals surface area contributed by atoms with Crippen LogP contribution in [0.25, 0.3) is 0 Å². The summed E-state index contributed by atoms with van der Waals surface area (Å²) in [6.45, 7) is 0.622. The van der Waals surface area contributed by atoms with Gasteiger partial charge in [0.2, 0.25) is 0 Å². The molecule has 17 nitrogen and oxygen atoms in total. The molecule has 0 spiro atoms. The van der Waals surface area contributed by atoms with Gasteiger partial charge in [-0.3, -0.25) is 24.7 Å². The van der Waals surface area contributed by atoms with E-state index in [2.05, 4.69) is 4.99 Å². The van der Waals surface area contributed by atoms with Crippen LogP contribution in [0.2, 0.25) is 0 Å². The predicted molar refractivity (Wildman–Crippen MR) is 232 cm³/mol. The second kappa shape index (κ2) is 25.3. The Hall–Kier alpha value is -3.90. The first-order valence-electron chi connectivity index (χ1n) is 18.3. The summed E-state index contributed by atoms with van der Waals surface area (Å²) in [5.41, 5.74) is 2.61. The summed E-state index contributed by atoms with van der Waals surface area (Å²) in [7, 11) is -2.93. The molecular weight excluding hydrogens is 895 g/mol. The fraction of sp³-hybridized carbons (Fsp3) is 0.263. The zero-order chi connectivity index (χ0) is 44.5. The van der Waals surface area contributed by atoms with E-state index in [-0.39, 0.29) is 35.6 Å². The Morgan fingerprint density at radius 2 is 1.38 bits per heavy atom. The molecule has 3 heterocycles. The van der Waals surface area contributed by atoms with E-state index < -0.39 is 41.1 Å². The summed E-state index contributed by atoms with van der Waals surface area (Å²) >= 11 is 6.05. The molecule has 0 aliphatic carbocycles. The number of amides is 2. The average molecular weight is 931 g/mol. The third-order valence-corrected chi connectivity index (χ3v) is 11.7. The van der Waals surface area contributed by atoms with Gasteiger partial charge in [-0.1, -0.05) is 60.7 Å². The number of rotatable bonds is 11. The Morgan fingerprint density at radius 3 is 1.90 bits per heavy atom. The minimum absolute atomic E-state index is 0.00425. The standard InChI is InChI=1S/C19H18N2O6S.C19H18N2O3S.2Na.O4S2/c1-26-17-7-15(19(23)20-12-28-11-14(20)9-22)16(21(24)25)8-18(17)27-10-13-5-3-2-4-6-13;1-23-17-7-15-16(20-9-14-11-25-12-21(14)19(15)22)8-18(17)24-10-13-5-3-2-4-6-13;;;1-5(2)6(3)4/h2-9,14H,10-12H2,1H3;2-9,14H,10-12H2,1H3;;;/t2*14-;;;/m11.../s1. The molecule has 0 aromatic heterocycles. The van der Waals surface area contributed by atoms with Gasteiger partial charge in [0.25, 0.3) is 17.5 Å². The first-order valence-corrected chi connectivity index (χ1v) is 31.3. The average Bonchev–Trinajstić information content (AvgIpc) is 3.95. The molecule has 2 saturated heterocycles. The van der Waals surface area contributed by atoms with Crippen molar-refractivity contribution < 1.29 is 55.1 Å². The molecule has 2 fully saturated rings. The van der Waals surface area contributed by atoms with Crippen molar-refractivity contribution in [1.82, 2.24) is 9.80 Å². The van der Waals surface area contributed by atoms with Gasteiger partial charge in [-0.25, -0.2) is 0 Å². The number of carbonyl (C=O) groups excluding carboxylic acids is 3. The number of ether oxygens (including phenoxy) is 4. The van der Waals surface area contributed by atoms with Gasteiger partial charge in [-0.2, -0.15) is 16.8 Å². The summed E-state index contributed by atoms with van der Waals surface area (Å²) in [5.74, 6) is 3.28. The number of aliphatic imine (C=N–C) groups is 1. The topological polar surface area (TPSA) is 218 Å². The minimum atomic E-state index is -2.95. The molecule has 4 aromatic rings. The maximum absolute atomic E-state index is 12.9. The molecule has 312 valence electrons. The number of fused-ring (bicyclic) bond motifs is 2. The van der Waals surface area contributed by atoms with Crippen LogP contribution in [-0.4, -0.2) is 149 Å². The summed E-state index contributed by atoms with van der Waals surface area (Å²) in [6.07, 6.45) is 2.54. The van der Waals surface area contributed by atoms with E-state index in [1.165, 1.54) is 79.5 Å². The number of methoxy groups -OCH3 is 2. The van der Waals surface area contributed by atoms with Crippen LogP contribution in [0.3, 0.4) is 0 Å². The molecule has 0 unspecified atom stereocenters. The zero-order valence-electron chi connectivity index (χ0n) is 33.4. The van der Waals surface area contributed by atoms with Crippen molar-refractivity contribution in [3.05, 3.63) is 117 Å². The number of nitro groups is 1. The van der Waals surface area contributed by atoms with Crippen molar-refractivity contribution in [3.8, 4) is 23.0 Å². The van der Waals surface area contributed by atoms with Gasteiger partial charge in [0.15, 0.2) is 23.0 Å². The number of aldehydes is 1. The summed E-state index contributed by atoms with van der Waals surface area (Å²) in [6, 6.07) is 24.7. The first kappa shape index (κ1) is 49.8. The molecule has 7 rings (SSSR count). The van der Waals surface area contributed by atoms with Crippen LogP contribution in [0.1, 0.15) is 31.8 Å². The van der Waals surface area contributed by atoms with Gasteiger partial charge in [-0.05, 0) is 17.2 Å². The third-order valence-electron chi connectivity index (χ3n) is 8.71. The Kier molecular flexibility index (Phi) is 20.6. The number of nitrogens with zero attached hydrogens (tertiary/aromatic N) is 4. The maximum atomic E-state index is 12.9. The van der Waals surface area contributed by atoms with E-state index in [1.807, 2.05) is 71.8 Å². The van der Waals surface area contributed by atoms with Gasteiger partial charge in [0.05, 0.1) is 60.3 Å². The molecule has 0 saturated carbocycles. The van der Waals surface area contributed by atoms with Crippen molar-refractivity contribution in [2.45, 2.75) is 25.3 Å². The van der Waals surface area contributed by atoms with E-state index in [0.717, 1.165) is 16.9 Å². The van der Waals surface area contributed by atoms with E-state index in [9.17, 15) is 24.5 Å². The Labute approximate surface area is 390 Å². The SMILES string of the molecule is COc1cc(C(=O)N2CSC[C@H]2C=O)c([N+](=O)[O-])cc1OCc1ccccc1.COc1cc2c(cc1OCc1ccccc1)N=C[C@@H]1CSCN1C2=O.O=S(=O)=S(=O)=O.[Na][Na]. The Bertz CT molecular complexity index is 2440. The van der Waals surface area contributed by atoms with E-state index in [4.69, 9.17) is 35.8 Å². The zero-order valence-corrected chi connectivity index (χ0v) is 40.6. The fourth-order valence-electron chi connectivity index (χ4n) is 5.76. The van der Waals surface area contributed by atoms with Gasteiger partial charge in [0.1, 0.15) is 25.1 Å². The third kappa shape index (κ3) is 13.8. The second-order valence-corrected chi connectivity index (χ2v) is 16.8. The normalized spacial score (nSPS) is 15.7. The van der Waals surface area contributed by atoms with Crippen LogP contribution in [0.4, 0.5) is 11.4 Å². The van der Waals surface area contributed by atoms with Gasteiger partial charge >= 0.3 is 62.1 Å². The molecule has 0 radical (unpaired) electrons. The number of nitro benzene ring substituents is 1. The molecule has 4 aromatic carbocycles. The van der Waals surface area contributed by atoms with Crippen LogP contribution in [0.5, 0.6) is 23.0 Å². The number of hydrogen-bond acceptors (Lipinski definition) is 16. The van der Waals surface area contributed by atoms with Gasteiger partial charge in [-0.15, -0.1) is 23.5 Å². The molecule has 23 heteroatoms. The van der Waals surface area contributed by atoms with E-state index in [1.54, 1.807) is 31.0 Å². The monoisotopic (exact) mass is 930 g/mol. The Balaban J connectivity index is 0.000000230. The molecule has 2 amide bonds. The number of thioether (sulfide) groups is 2.